The summed E-state index contributed by atoms with van der Waals surface area (Å²) in [5.41, 5.74) is 2.02. The second kappa shape index (κ2) is 6.39. The number of hydrogen-bond donors (Lipinski definition) is 0. The van der Waals surface area contributed by atoms with Crippen molar-refractivity contribution in [3.05, 3.63) is 63.9 Å². The zero-order valence-electron chi connectivity index (χ0n) is 12.2. The van der Waals surface area contributed by atoms with Gasteiger partial charge in [-0.2, -0.15) is 0 Å². The molecule has 2 nitrogen and oxygen atoms in total. The Balaban J connectivity index is 2.44. The summed E-state index contributed by atoms with van der Waals surface area (Å²) in [7, 11) is 1.87. The van der Waals surface area contributed by atoms with Crippen molar-refractivity contribution in [1.82, 2.24) is 0 Å². The predicted molar refractivity (Wildman–Crippen MR) is 87.4 cm³/mol. The molecule has 0 bridgehead atoms. The van der Waals surface area contributed by atoms with E-state index in [0.717, 1.165) is 10.2 Å². The van der Waals surface area contributed by atoms with Crippen LogP contribution in [0.1, 0.15) is 35.8 Å². The highest BCUT2D eigenvalue weighted by atomic mass is 79.9. The monoisotopic (exact) mass is 349 g/mol. The highest BCUT2D eigenvalue weighted by molar-refractivity contribution is 9.10. The van der Waals surface area contributed by atoms with Crippen LogP contribution in [0.5, 0.6) is 0 Å². The van der Waals surface area contributed by atoms with E-state index in [1.54, 1.807) is 18.2 Å². The van der Waals surface area contributed by atoms with Gasteiger partial charge in [0.2, 0.25) is 0 Å². The van der Waals surface area contributed by atoms with E-state index >= 15 is 0 Å². The molecule has 0 spiro atoms. The third-order valence-corrected chi connectivity index (χ3v) is 4.15. The lowest BCUT2D eigenvalue weighted by molar-refractivity contribution is 0.101. The number of rotatable bonds is 4. The fourth-order valence-electron chi connectivity index (χ4n) is 2.33. The van der Waals surface area contributed by atoms with Gasteiger partial charge in [0.25, 0.3) is 0 Å². The summed E-state index contributed by atoms with van der Waals surface area (Å²) >= 11 is 3.42. The number of carbonyl (C=O) groups excluding carboxylic acids is 1. The lowest BCUT2D eigenvalue weighted by Gasteiger charge is -2.29. The highest BCUT2D eigenvalue weighted by Gasteiger charge is 2.19. The lowest BCUT2D eigenvalue weighted by Crippen LogP contribution is -2.24. The molecular formula is C17H17BrFNO. The van der Waals surface area contributed by atoms with Crippen molar-refractivity contribution in [3.8, 4) is 0 Å². The molecule has 110 valence electrons. The summed E-state index contributed by atoms with van der Waals surface area (Å²) in [6, 6.07) is 12.0. The van der Waals surface area contributed by atoms with Crippen LogP contribution in [0.15, 0.2) is 46.9 Å². The largest absolute Gasteiger partial charge is 0.367 e. The van der Waals surface area contributed by atoms with Crippen molar-refractivity contribution in [1.29, 1.82) is 0 Å². The van der Waals surface area contributed by atoms with Crippen LogP contribution in [-0.2, 0) is 0 Å². The molecule has 1 atom stereocenters. The topological polar surface area (TPSA) is 20.3 Å². The Kier molecular flexibility index (Phi) is 4.78. The molecule has 0 fully saturated rings. The van der Waals surface area contributed by atoms with Crippen molar-refractivity contribution < 1.29 is 9.18 Å². The first-order chi connectivity index (χ1) is 9.91. The molecule has 21 heavy (non-hydrogen) atoms. The molecule has 1 unspecified atom stereocenters. The van der Waals surface area contributed by atoms with Crippen molar-refractivity contribution in [2.24, 2.45) is 0 Å². The van der Waals surface area contributed by atoms with Crippen molar-refractivity contribution in [2.75, 3.05) is 11.9 Å². The second-order valence-electron chi connectivity index (χ2n) is 5.03. The number of ketones is 1. The summed E-state index contributed by atoms with van der Waals surface area (Å²) in [5, 5.41) is 0. The van der Waals surface area contributed by atoms with Gasteiger partial charge in [0.15, 0.2) is 5.78 Å². The molecule has 4 heteroatoms. The van der Waals surface area contributed by atoms with Gasteiger partial charge in [0, 0.05) is 28.3 Å². The van der Waals surface area contributed by atoms with Crippen molar-refractivity contribution >= 4 is 27.4 Å². The lowest BCUT2D eigenvalue weighted by atomic mass is 10.0. The summed E-state index contributed by atoms with van der Waals surface area (Å²) in [4.78, 5) is 13.7. The van der Waals surface area contributed by atoms with E-state index in [1.807, 2.05) is 37.1 Å². The van der Waals surface area contributed by atoms with Gasteiger partial charge < -0.3 is 4.90 Å². The smallest absolute Gasteiger partial charge is 0.161 e. The van der Waals surface area contributed by atoms with Gasteiger partial charge >= 0.3 is 0 Å². The first kappa shape index (κ1) is 15.7. The van der Waals surface area contributed by atoms with Crippen molar-refractivity contribution in [2.45, 2.75) is 19.9 Å². The fraction of sp³-hybridized carbons (Fsp3) is 0.235. The fourth-order valence-corrected chi connectivity index (χ4v) is 2.67. The summed E-state index contributed by atoms with van der Waals surface area (Å²) in [5.74, 6) is -0.249. The van der Waals surface area contributed by atoms with E-state index in [1.165, 1.54) is 13.0 Å². The first-order valence-electron chi connectivity index (χ1n) is 6.69. The SMILES string of the molecule is CC(=O)c1ccc(Br)cc1N(C)C(C)c1ccccc1F. The van der Waals surface area contributed by atoms with Crippen LogP contribution in [0.2, 0.25) is 0 Å². The summed E-state index contributed by atoms with van der Waals surface area (Å²) in [6.45, 7) is 3.46. The molecule has 0 aromatic heterocycles. The van der Waals surface area contributed by atoms with Gasteiger partial charge in [0.05, 0.1) is 6.04 Å². The van der Waals surface area contributed by atoms with E-state index in [4.69, 9.17) is 0 Å². The maximum absolute atomic E-state index is 14.0. The van der Waals surface area contributed by atoms with Crippen LogP contribution in [0, 0.1) is 5.82 Å². The van der Waals surface area contributed by atoms with Gasteiger partial charge in [-0.1, -0.05) is 34.1 Å². The third kappa shape index (κ3) is 3.32. The van der Waals surface area contributed by atoms with Crippen LogP contribution in [-0.4, -0.2) is 12.8 Å². The molecule has 0 heterocycles. The number of carbonyl (C=O) groups is 1. The number of nitrogens with zero attached hydrogens (tertiary/aromatic N) is 1. The number of anilines is 1. The maximum atomic E-state index is 14.0. The number of benzene rings is 2. The highest BCUT2D eigenvalue weighted by Crippen LogP contribution is 2.31. The first-order valence-corrected chi connectivity index (χ1v) is 7.49. The molecule has 0 saturated heterocycles. The molecule has 2 rings (SSSR count). The molecule has 0 aliphatic carbocycles. The zero-order valence-corrected chi connectivity index (χ0v) is 13.8. The minimum atomic E-state index is -0.240. The molecular weight excluding hydrogens is 333 g/mol. The third-order valence-electron chi connectivity index (χ3n) is 3.66. The van der Waals surface area contributed by atoms with Gasteiger partial charge in [-0.05, 0) is 38.1 Å². The Labute approximate surface area is 132 Å². The van der Waals surface area contributed by atoms with Crippen LogP contribution in [0.3, 0.4) is 0 Å². The van der Waals surface area contributed by atoms with Gasteiger partial charge in [0.1, 0.15) is 5.82 Å². The van der Waals surface area contributed by atoms with Gasteiger partial charge in [-0.15, -0.1) is 0 Å². The number of hydrogen-bond acceptors (Lipinski definition) is 2. The van der Waals surface area contributed by atoms with Crippen LogP contribution in [0.25, 0.3) is 0 Å². The normalized spacial score (nSPS) is 12.0. The minimum absolute atomic E-state index is 0.00918. The second-order valence-corrected chi connectivity index (χ2v) is 5.94. The molecule has 0 radical (unpaired) electrons. The molecule has 2 aromatic carbocycles. The van der Waals surface area contributed by atoms with E-state index in [9.17, 15) is 9.18 Å². The molecule has 0 amide bonds. The Bertz CT molecular complexity index is 672. The van der Waals surface area contributed by atoms with E-state index in [-0.39, 0.29) is 17.6 Å². The van der Waals surface area contributed by atoms with Crippen molar-refractivity contribution in [3.63, 3.8) is 0 Å². The Morgan fingerprint density at radius 1 is 1.24 bits per heavy atom. The maximum Gasteiger partial charge on any atom is 0.161 e. The molecule has 0 N–H and O–H groups in total. The van der Waals surface area contributed by atoms with E-state index < -0.39 is 0 Å². The molecule has 0 saturated carbocycles. The summed E-state index contributed by atoms with van der Waals surface area (Å²) < 4.78 is 14.8. The predicted octanol–water partition coefficient (Wildman–Crippen LogP) is 4.99. The number of halogens is 2. The molecule has 0 aliphatic heterocycles. The quantitative estimate of drug-likeness (QED) is 0.724. The van der Waals surface area contributed by atoms with Crippen LogP contribution < -0.4 is 4.90 Å². The van der Waals surface area contributed by atoms with E-state index in [2.05, 4.69) is 15.9 Å². The zero-order chi connectivity index (χ0) is 15.6. The minimum Gasteiger partial charge on any atom is -0.367 e. The average molecular weight is 350 g/mol. The van der Waals surface area contributed by atoms with E-state index in [0.29, 0.717) is 11.1 Å². The molecule has 0 aliphatic rings. The van der Waals surface area contributed by atoms with Crippen LogP contribution in [0.4, 0.5) is 10.1 Å². The Hall–Kier alpha value is -1.68. The number of Topliss-reactive ketones (excluding diaryl/α,β-unsaturated/α-hetero) is 1. The Morgan fingerprint density at radius 3 is 2.52 bits per heavy atom. The Morgan fingerprint density at radius 2 is 1.90 bits per heavy atom. The molecule has 2 aromatic rings. The van der Waals surface area contributed by atoms with Gasteiger partial charge in [-0.3, -0.25) is 4.79 Å². The summed E-state index contributed by atoms with van der Waals surface area (Å²) in [6.07, 6.45) is 0. The van der Waals surface area contributed by atoms with Crippen LogP contribution >= 0.6 is 15.9 Å². The van der Waals surface area contributed by atoms with Gasteiger partial charge in [-0.25, -0.2) is 4.39 Å². The average Bonchev–Trinajstić information content (AvgIpc) is 2.45. The standard InChI is InChI=1S/C17H17BrFNO/c1-11(14-6-4-5-7-16(14)19)20(3)17-10-13(18)8-9-15(17)12(2)21/h4-11H,1-3H3.